The lowest BCUT2D eigenvalue weighted by Gasteiger charge is -2.15. The molecule has 3 N–H and O–H groups in total. The zero-order valence-electron chi connectivity index (χ0n) is 11.5. The highest BCUT2D eigenvalue weighted by Crippen LogP contribution is 2.18. The second-order valence-electron chi connectivity index (χ2n) is 4.82. The topological polar surface area (TPSA) is 72.2 Å². The van der Waals surface area contributed by atoms with Crippen molar-refractivity contribution in [1.82, 2.24) is 4.72 Å². The Labute approximate surface area is 119 Å². The Morgan fingerprint density at radius 1 is 1.00 bits per heavy atom. The monoisotopic (exact) mass is 290 g/mol. The molecule has 5 heteroatoms. The first kappa shape index (κ1) is 14.6. The molecule has 106 valence electrons. The zero-order valence-corrected chi connectivity index (χ0v) is 12.3. The van der Waals surface area contributed by atoms with Crippen molar-refractivity contribution in [2.45, 2.75) is 24.8 Å². The Hall–Kier alpha value is -1.85. The van der Waals surface area contributed by atoms with Crippen LogP contribution >= 0.6 is 0 Å². The van der Waals surface area contributed by atoms with Crippen LogP contribution in [0, 0.1) is 6.92 Å². The summed E-state index contributed by atoms with van der Waals surface area (Å²) in [6.07, 6.45) is 0. The lowest BCUT2D eigenvalue weighted by Crippen LogP contribution is -2.26. The summed E-state index contributed by atoms with van der Waals surface area (Å²) >= 11 is 0. The molecule has 0 saturated heterocycles. The predicted octanol–water partition coefficient (Wildman–Crippen LogP) is 2.62. The molecule has 0 aliphatic rings. The van der Waals surface area contributed by atoms with E-state index in [9.17, 15) is 8.42 Å². The van der Waals surface area contributed by atoms with E-state index in [4.69, 9.17) is 5.73 Å². The van der Waals surface area contributed by atoms with Gasteiger partial charge in [-0.25, -0.2) is 13.1 Å². The van der Waals surface area contributed by atoms with Crippen LogP contribution < -0.4 is 10.5 Å². The van der Waals surface area contributed by atoms with E-state index < -0.39 is 10.0 Å². The van der Waals surface area contributed by atoms with E-state index in [1.54, 1.807) is 12.1 Å². The molecule has 1 unspecified atom stereocenters. The first-order valence-electron chi connectivity index (χ1n) is 6.33. The number of sulfonamides is 1. The molecule has 2 aromatic rings. The van der Waals surface area contributed by atoms with Gasteiger partial charge >= 0.3 is 0 Å². The number of rotatable bonds is 4. The molecule has 0 aromatic heterocycles. The Bertz CT molecular complexity index is 677. The standard InChI is InChI=1S/C15H18N2O2S/c1-11-3-5-13(6-4-11)12(2)17-20(18,19)15-9-7-14(16)8-10-15/h3-10,12,17H,16H2,1-2H3. The minimum absolute atomic E-state index is 0.214. The van der Waals surface area contributed by atoms with Crippen LogP contribution in [0.1, 0.15) is 24.1 Å². The molecule has 0 amide bonds. The average molecular weight is 290 g/mol. The lowest BCUT2D eigenvalue weighted by molar-refractivity contribution is 0.567. The van der Waals surface area contributed by atoms with Crippen molar-refractivity contribution in [3.05, 3.63) is 59.7 Å². The van der Waals surface area contributed by atoms with E-state index in [0.29, 0.717) is 5.69 Å². The Balaban J connectivity index is 2.19. The number of nitrogens with one attached hydrogen (secondary N) is 1. The number of hydrogen-bond donors (Lipinski definition) is 2. The van der Waals surface area contributed by atoms with Crippen molar-refractivity contribution >= 4 is 15.7 Å². The molecule has 0 spiro atoms. The molecule has 2 rings (SSSR count). The minimum atomic E-state index is -3.54. The first-order chi connectivity index (χ1) is 9.38. The summed E-state index contributed by atoms with van der Waals surface area (Å²) in [4.78, 5) is 0.214. The average Bonchev–Trinajstić information content (AvgIpc) is 2.39. The molecule has 20 heavy (non-hydrogen) atoms. The summed E-state index contributed by atoms with van der Waals surface area (Å²) in [6, 6.07) is 13.6. The third-order valence-corrected chi connectivity index (χ3v) is 4.66. The van der Waals surface area contributed by atoms with Crippen LogP contribution in [0.25, 0.3) is 0 Å². The molecular formula is C15H18N2O2S. The highest BCUT2D eigenvalue weighted by molar-refractivity contribution is 7.89. The molecule has 0 heterocycles. The normalized spacial score (nSPS) is 13.1. The molecule has 0 radical (unpaired) electrons. The van der Waals surface area contributed by atoms with E-state index in [-0.39, 0.29) is 10.9 Å². The van der Waals surface area contributed by atoms with Crippen molar-refractivity contribution in [2.75, 3.05) is 5.73 Å². The summed E-state index contributed by atoms with van der Waals surface area (Å²) in [7, 11) is -3.54. The molecule has 2 aromatic carbocycles. The zero-order chi connectivity index (χ0) is 14.8. The Morgan fingerprint density at radius 2 is 1.55 bits per heavy atom. The van der Waals surface area contributed by atoms with Crippen LogP contribution in [-0.2, 0) is 10.0 Å². The Morgan fingerprint density at radius 3 is 2.10 bits per heavy atom. The molecule has 0 aliphatic heterocycles. The summed E-state index contributed by atoms with van der Waals surface area (Å²) in [5.74, 6) is 0. The SMILES string of the molecule is Cc1ccc(C(C)NS(=O)(=O)c2ccc(N)cc2)cc1. The number of anilines is 1. The van der Waals surface area contributed by atoms with E-state index in [0.717, 1.165) is 11.1 Å². The van der Waals surface area contributed by atoms with Gasteiger partial charge in [0.2, 0.25) is 10.0 Å². The van der Waals surface area contributed by atoms with Gasteiger partial charge in [-0.15, -0.1) is 0 Å². The Kier molecular flexibility index (Phi) is 4.11. The number of nitrogen functional groups attached to an aromatic ring is 1. The van der Waals surface area contributed by atoms with Gasteiger partial charge in [-0.3, -0.25) is 0 Å². The van der Waals surface area contributed by atoms with Crippen molar-refractivity contribution < 1.29 is 8.42 Å². The van der Waals surface area contributed by atoms with Crippen molar-refractivity contribution in [1.29, 1.82) is 0 Å². The molecule has 0 aliphatic carbocycles. The highest BCUT2D eigenvalue weighted by Gasteiger charge is 2.18. The van der Waals surface area contributed by atoms with Gasteiger partial charge < -0.3 is 5.73 Å². The van der Waals surface area contributed by atoms with E-state index in [1.807, 2.05) is 38.1 Å². The summed E-state index contributed by atoms with van der Waals surface area (Å²) in [5, 5.41) is 0. The van der Waals surface area contributed by atoms with Gasteiger partial charge in [0.1, 0.15) is 0 Å². The maximum Gasteiger partial charge on any atom is 0.241 e. The van der Waals surface area contributed by atoms with Crippen LogP contribution in [0.3, 0.4) is 0 Å². The van der Waals surface area contributed by atoms with Crippen LogP contribution in [0.5, 0.6) is 0 Å². The summed E-state index contributed by atoms with van der Waals surface area (Å²) in [6.45, 7) is 3.81. The summed E-state index contributed by atoms with van der Waals surface area (Å²) < 4.78 is 27.1. The third kappa shape index (κ3) is 3.37. The molecule has 1 atom stereocenters. The first-order valence-corrected chi connectivity index (χ1v) is 7.81. The summed E-state index contributed by atoms with van der Waals surface area (Å²) in [5.41, 5.74) is 8.17. The number of hydrogen-bond acceptors (Lipinski definition) is 3. The fraction of sp³-hybridized carbons (Fsp3) is 0.200. The predicted molar refractivity (Wildman–Crippen MR) is 80.8 cm³/mol. The fourth-order valence-corrected chi connectivity index (χ4v) is 3.10. The van der Waals surface area contributed by atoms with Crippen LogP contribution in [-0.4, -0.2) is 8.42 Å². The van der Waals surface area contributed by atoms with Gasteiger partial charge in [0.05, 0.1) is 4.90 Å². The van der Waals surface area contributed by atoms with Crippen molar-refractivity contribution in [2.24, 2.45) is 0 Å². The van der Waals surface area contributed by atoms with E-state index >= 15 is 0 Å². The largest absolute Gasteiger partial charge is 0.399 e. The van der Waals surface area contributed by atoms with E-state index in [1.165, 1.54) is 12.1 Å². The number of nitrogens with two attached hydrogens (primary N) is 1. The molecule has 4 nitrogen and oxygen atoms in total. The van der Waals surface area contributed by atoms with Gasteiger partial charge in [0.25, 0.3) is 0 Å². The van der Waals surface area contributed by atoms with Gasteiger partial charge in [0.15, 0.2) is 0 Å². The van der Waals surface area contributed by atoms with E-state index in [2.05, 4.69) is 4.72 Å². The third-order valence-electron chi connectivity index (χ3n) is 3.10. The fourth-order valence-electron chi connectivity index (χ4n) is 1.87. The second-order valence-corrected chi connectivity index (χ2v) is 6.54. The van der Waals surface area contributed by atoms with Crippen LogP contribution in [0.4, 0.5) is 5.69 Å². The van der Waals surface area contributed by atoms with Crippen molar-refractivity contribution in [3.63, 3.8) is 0 Å². The van der Waals surface area contributed by atoms with Gasteiger partial charge in [-0.1, -0.05) is 29.8 Å². The number of benzene rings is 2. The molecule has 0 bridgehead atoms. The quantitative estimate of drug-likeness (QED) is 0.850. The maximum absolute atomic E-state index is 12.2. The maximum atomic E-state index is 12.2. The molecule has 0 fully saturated rings. The van der Waals surface area contributed by atoms with Crippen LogP contribution in [0.2, 0.25) is 0 Å². The van der Waals surface area contributed by atoms with Gasteiger partial charge in [-0.2, -0.15) is 0 Å². The lowest BCUT2D eigenvalue weighted by atomic mass is 10.1. The number of aryl methyl sites for hydroxylation is 1. The second kappa shape index (κ2) is 5.64. The van der Waals surface area contributed by atoms with Gasteiger partial charge in [-0.05, 0) is 43.7 Å². The highest BCUT2D eigenvalue weighted by atomic mass is 32.2. The molecule has 0 saturated carbocycles. The van der Waals surface area contributed by atoms with Gasteiger partial charge in [0, 0.05) is 11.7 Å². The molecular weight excluding hydrogens is 272 g/mol. The van der Waals surface area contributed by atoms with Crippen molar-refractivity contribution in [3.8, 4) is 0 Å². The van der Waals surface area contributed by atoms with Crippen LogP contribution in [0.15, 0.2) is 53.4 Å². The minimum Gasteiger partial charge on any atom is -0.399 e. The smallest absolute Gasteiger partial charge is 0.241 e.